The molecule has 2 heterocycles. The van der Waals surface area contributed by atoms with Crippen LogP contribution in [-0.4, -0.2) is 35.6 Å². The Bertz CT molecular complexity index is 855. The van der Waals surface area contributed by atoms with Crippen LogP contribution in [0.15, 0.2) is 30.3 Å². The van der Waals surface area contributed by atoms with Gasteiger partial charge in [0.2, 0.25) is 5.91 Å². The molecule has 1 atom stereocenters. The lowest BCUT2D eigenvalue weighted by atomic mass is 10.1. The Kier molecular flexibility index (Phi) is 3.97. The second-order valence-corrected chi connectivity index (χ2v) is 8.17. The summed E-state index contributed by atoms with van der Waals surface area (Å²) in [5.74, 6) is -0.709. The second-order valence-electron chi connectivity index (χ2n) is 5.95. The highest BCUT2D eigenvalue weighted by Gasteiger charge is 2.33. The van der Waals surface area contributed by atoms with Crippen molar-refractivity contribution in [2.24, 2.45) is 5.92 Å². The average Bonchev–Trinajstić information content (AvgIpc) is 3.01. The van der Waals surface area contributed by atoms with E-state index in [4.69, 9.17) is 0 Å². The van der Waals surface area contributed by atoms with E-state index < -0.39 is 15.8 Å². The topological polar surface area (TPSA) is 81.1 Å². The van der Waals surface area contributed by atoms with Gasteiger partial charge in [-0.2, -0.15) is 5.10 Å². The summed E-state index contributed by atoms with van der Waals surface area (Å²) >= 11 is 0. The summed E-state index contributed by atoms with van der Waals surface area (Å²) in [5.41, 5.74) is 3.26. The number of hydrogen-bond donors (Lipinski definition) is 1. The van der Waals surface area contributed by atoms with Gasteiger partial charge in [0.25, 0.3) is 0 Å². The maximum Gasteiger partial charge on any atom is 0.228 e. The molecule has 122 valence electrons. The molecule has 1 amide bonds. The van der Waals surface area contributed by atoms with Gasteiger partial charge in [0.1, 0.15) is 0 Å². The van der Waals surface area contributed by atoms with E-state index in [-0.39, 0.29) is 17.4 Å². The van der Waals surface area contributed by atoms with Gasteiger partial charge >= 0.3 is 0 Å². The summed E-state index contributed by atoms with van der Waals surface area (Å²) in [5, 5.41) is 7.30. The van der Waals surface area contributed by atoms with Crippen molar-refractivity contribution in [2.45, 2.75) is 20.3 Å². The quantitative estimate of drug-likeness (QED) is 0.929. The molecule has 0 spiro atoms. The third-order valence-corrected chi connectivity index (χ3v) is 5.77. The number of benzene rings is 1. The number of amides is 1. The standard InChI is InChI=1S/C16H19N3O3S/c1-11-9-12(2)19(18-11)15-6-4-3-5-14(15)17-16(20)13-7-8-23(21,22)10-13/h3-6,9,13H,7-8,10H2,1-2H3,(H,17,20)/t13-/m0/s1. The fraction of sp³-hybridized carbons (Fsp3) is 0.375. The number of aryl methyl sites for hydroxylation is 2. The van der Waals surface area contributed by atoms with Crippen molar-refractivity contribution in [1.29, 1.82) is 0 Å². The molecule has 3 rings (SSSR count). The third-order valence-electron chi connectivity index (χ3n) is 4.00. The van der Waals surface area contributed by atoms with Crippen LogP contribution in [0.1, 0.15) is 17.8 Å². The van der Waals surface area contributed by atoms with Crippen molar-refractivity contribution < 1.29 is 13.2 Å². The number of para-hydroxylation sites is 2. The van der Waals surface area contributed by atoms with Gasteiger partial charge in [0, 0.05) is 5.69 Å². The maximum absolute atomic E-state index is 12.4. The molecule has 1 aromatic heterocycles. The first kappa shape index (κ1) is 15.7. The zero-order valence-electron chi connectivity index (χ0n) is 13.1. The molecule has 0 unspecified atom stereocenters. The summed E-state index contributed by atoms with van der Waals surface area (Å²) in [4.78, 5) is 12.4. The molecule has 1 aromatic carbocycles. The van der Waals surface area contributed by atoms with Gasteiger partial charge < -0.3 is 5.32 Å². The SMILES string of the molecule is Cc1cc(C)n(-c2ccccc2NC(=O)[C@H]2CCS(=O)(=O)C2)n1. The number of hydrogen-bond acceptors (Lipinski definition) is 4. The summed E-state index contributed by atoms with van der Waals surface area (Å²) in [6.45, 7) is 3.86. The number of carbonyl (C=O) groups is 1. The smallest absolute Gasteiger partial charge is 0.228 e. The van der Waals surface area contributed by atoms with E-state index in [0.717, 1.165) is 17.1 Å². The Labute approximate surface area is 135 Å². The lowest BCUT2D eigenvalue weighted by Crippen LogP contribution is -2.24. The van der Waals surface area contributed by atoms with Crippen LogP contribution in [0.3, 0.4) is 0 Å². The van der Waals surface area contributed by atoms with E-state index >= 15 is 0 Å². The van der Waals surface area contributed by atoms with Gasteiger partial charge in [0.15, 0.2) is 9.84 Å². The zero-order chi connectivity index (χ0) is 16.6. The summed E-state index contributed by atoms with van der Waals surface area (Å²) in [6, 6.07) is 9.34. The second kappa shape index (κ2) is 5.81. The molecule has 0 aliphatic carbocycles. The van der Waals surface area contributed by atoms with Gasteiger partial charge in [-0.1, -0.05) is 12.1 Å². The Hall–Kier alpha value is -2.15. The molecule has 2 aromatic rings. The van der Waals surface area contributed by atoms with Gasteiger partial charge in [0.05, 0.1) is 34.5 Å². The molecule has 0 saturated carbocycles. The largest absolute Gasteiger partial charge is 0.324 e. The predicted molar refractivity (Wildman–Crippen MR) is 88.4 cm³/mol. The van der Waals surface area contributed by atoms with E-state index in [1.165, 1.54) is 0 Å². The monoisotopic (exact) mass is 333 g/mol. The highest BCUT2D eigenvalue weighted by atomic mass is 32.2. The van der Waals surface area contributed by atoms with E-state index in [1.807, 2.05) is 38.1 Å². The predicted octanol–water partition coefficient (Wildman–Crippen LogP) is 1.86. The van der Waals surface area contributed by atoms with E-state index in [0.29, 0.717) is 12.1 Å². The number of rotatable bonds is 3. The maximum atomic E-state index is 12.4. The van der Waals surface area contributed by atoms with Gasteiger partial charge in [-0.3, -0.25) is 4.79 Å². The Morgan fingerprint density at radius 2 is 2.04 bits per heavy atom. The van der Waals surface area contributed by atoms with Crippen LogP contribution in [0.4, 0.5) is 5.69 Å². The van der Waals surface area contributed by atoms with E-state index in [9.17, 15) is 13.2 Å². The first-order valence-corrected chi connectivity index (χ1v) is 9.32. The lowest BCUT2D eigenvalue weighted by molar-refractivity contribution is -0.119. The summed E-state index contributed by atoms with van der Waals surface area (Å²) in [6.07, 6.45) is 0.385. The fourth-order valence-corrected chi connectivity index (χ4v) is 4.61. The van der Waals surface area contributed by atoms with Crippen LogP contribution in [0.5, 0.6) is 0 Å². The van der Waals surface area contributed by atoms with Crippen molar-refractivity contribution in [1.82, 2.24) is 9.78 Å². The van der Waals surface area contributed by atoms with Crippen LogP contribution in [0, 0.1) is 19.8 Å². The molecule has 6 nitrogen and oxygen atoms in total. The zero-order valence-corrected chi connectivity index (χ0v) is 13.9. The van der Waals surface area contributed by atoms with Gasteiger partial charge in [-0.25, -0.2) is 13.1 Å². The number of carbonyl (C=O) groups excluding carboxylic acids is 1. The normalized spacial score (nSPS) is 19.7. The molecule has 0 bridgehead atoms. The fourth-order valence-electron chi connectivity index (χ4n) is 2.87. The first-order chi connectivity index (χ1) is 10.9. The molecule has 23 heavy (non-hydrogen) atoms. The minimum atomic E-state index is -3.08. The number of nitrogens with zero attached hydrogens (tertiary/aromatic N) is 2. The molecule has 7 heteroatoms. The highest BCUT2D eigenvalue weighted by molar-refractivity contribution is 7.91. The summed E-state index contributed by atoms with van der Waals surface area (Å²) in [7, 11) is -3.08. The van der Waals surface area contributed by atoms with Crippen molar-refractivity contribution >= 4 is 21.4 Å². The van der Waals surface area contributed by atoms with Gasteiger partial charge in [-0.05, 0) is 38.5 Å². The Morgan fingerprint density at radius 1 is 1.30 bits per heavy atom. The Morgan fingerprint density at radius 3 is 2.65 bits per heavy atom. The van der Waals surface area contributed by atoms with E-state index in [2.05, 4.69) is 10.4 Å². The minimum absolute atomic E-state index is 0.0685. The number of anilines is 1. The van der Waals surface area contributed by atoms with E-state index in [1.54, 1.807) is 10.7 Å². The van der Waals surface area contributed by atoms with Crippen molar-refractivity contribution in [2.75, 3.05) is 16.8 Å². The Balaban J connectivity index is 1.87. The molecule has 1 N–H and O–H groups in total. The van der Waals surface area contributed by atoms with Crippen LogP contribution in [-0.2, 0) is 14.6 Å². The molecular formula is C16H19N3O3S. The minimum Gasteiger partial charge on any atom is -0.324 e. The average molecular weight is 333 g/mol. The van der Waals surface area contributed by atoms with Crippen molar-refractivity contribution in [3.05, 3.63) is 41.7 Å². The molecule has 1 aliphatic heterocycles. The third kappa shape index (κ3) is 3.29. The van der Waals surface area contributed by atoms with Gasteiger partial charge in [-0.15, -0.1) is 0 Å². The van der Waals surface area contributed by atoms with Crippen molar-refractivity contribution in [3.63, 3.8) is 0 Å². The molecule has 1 saturated heterocycles. The van der Waals surface area contributed by atoms with Crippen LogP contribution < -0.4 is 5.32 Å². The molecule has 1 aliphatic rings. The highest BCUT2D eigenvalue weighted by Crippen LogP contribution is 2.24. The van der Waals surface area contributed by atoms with Crippen molar-refractivity contribution in [3.8, 4) is 5.69 Å². The van der Waals surface area contributed by atoms with Crippen LogP contribution >= 0.6 is 0 Å². The first-order valence-electron chi connectivity index (χ1n) is 7.50. The number of aromatic nitrogens is 2. The number of sulfone groups is 1. The molecule has 0 radical (unpaired) electrons. The molecule has 1 fully saturated rings. The summed E-state index contributed by atoms with van der Waals surface area (Å²) < 4.78 is 24.9. The van der Waals surface area contributed by atoms with Crippen LogP contribution in [0.2, 0.25) is 0 Å². The van der Waals surface area contributed by atoms with Crippen LogP contribution in [0.25, 0.3) is 5.69 Å². The lowest BCUT2D eigenvalue weighted by Gasteiger charge is -2.14. The molecular weight excluding hydrogens is 314 g/mol. The number of nitrogens with one attached hydrogen (secondary N) is 1.